The van der Waals surface area contributed by atoms with Crippen LogP contribution in [0.2, 0.25) is 0 Å². The lowest BCUT2D eigenvalue weighted by Crippen LogP contribution is -2.04. The van der Waals surface area contributed by atoms with Crippen molar-refractivity contribution in [2.75, 3.05) is 5.32 Å². The molecule has 1 amide bonds. The second kappa shape index (κ2) is 5.02. The summed E-state index contributed by atoms with van der Waals surface area (Å²) in [5, 5.41) is 10.6. The van der Waals surface area contributed by atoms with Crippen LogP contribution in [0.15, 0.2) is 46.9 Å². The molecule has 0 aliphatic rings. The lowest BCUT2D eigenvalue weighted by molar-refractivity contribution is -0.114. The van der Waals surface area contributed by atoms with Crippen LogP contribution >= 0.6 is 0 Å². The average Bonchev–Trinajstić information content (AvgIpc) is 2.80. The minimum Gasteiger partial charge on any atom is -0.328 e. The molecule has 0 aliphatic heterocycles. The van der Waals surface area contributed by atoms with Crippen molar-refractivity contribution in [3.63, 3.8) is 0 Å². The second-order valence-corrected chi connectivity index (χ2v) is 3.34. The first-order valence-corrected chi connectivity index (χ1v) is 5.03. The molecule has 1 aromatic carbocycles. The van der Waals surface area contributed by atoms with E-state index in [4.69, 9.17) is 0 Å². The SMILES string of the molecule is CC(=O)Nc1ccc(N=Nc2ncc[nH]2)cc1. The molecule has 0 atom stereocenters. The summed E-state index contributed by atoms with van der Waals surface area (Å²) in [5.41, 5.74) is 1.42. The fourth-order valence-corrected chi connectivity index (χ4v) is 1.23. The van der Waals surface area contributed by atoms with Crippen molar-refractivity contribution in [1.29, 1.82) is 0 Å². The van der Waals surface area contributed by atoms with E-state index in [0.717, 1.165) is 5.69 Å². The number of imidazole rings is 1. The van der Waals surface area contributed by atoms with E-state index in [1.807, 2.05) is 0 Å². The number of anilines is 1. The van der Waals surface area contributed by atoms with Gasteiger partial charge in [-0.05, 0) is 24.3 Å². The summed E-state index contributed by atoms with van der Waals surface area (Å²) in [6.07, 6.45) is 3.28. The minimum atomic E-state index is -0.102. The largest absolute Gasteiger partial charge is 0.328 e. The maximum Gasteiger partial charge on any atom is 0.246 e. The van der Waals surface area contributed by atoms with Crippen molar-refractivity contribution in [2.45, 2.75) is 6.92 Å². The highest BCUT2D eigenvalue weighted by molar-refractivity contribution is 5.88. The van der Waals surface area contributed by atoms with Gasteiger partial charge in [-0.1, -0.05) is 0 Å². The van der Waals surface area contributed by atoms with Gasteiger partial charge in [-0.3, -0.25) is 4.79 Å². The van der Waals surface area contributed by atoms with Gasteiger partial charge in [0.05, 0.1) is 5.69 Å². The van der Waals surface area contributed by atoms with E-state index in [9.17, 15) is 4.79 Å². The Morgan fingerprint density at radius 3 is 2.65 bits per heavy atom. The molecule has 6 nitrogen and oxygen atoms in total. The van der Waals surface area contributed by atoms with Gasteiger partial charge in [0, 0.05) is 25.0 Å². The average molecular weight is 229 g/mol. The molecule has 6 heteroatoms. The number of azo groups is 1. The lowest BCUT2D eigenvalue weighted by Gasteiger charge is -2.00. The quantitative estimate of drug-likeness (QED) is 0.793. The number of benzene rings is 1. The molecule has 0 fully saturated rings. The van der Waals surface area contributed by atoms with Crippen molar-refractivity contribution in [3.05, 3.63) is 36.7 Å². The zero-order valence-corrected chi connectivity index (χ0v) is 9.21. The monoisotopic (exact) mass is 229 g/mol. The Bertz CT molecular complexity index is 515. The molecule has 1 heterocycles. The molecule has 2 rings (SSSR count). The van der Waals surface area contributed by atoms with Gasteiger partial charge in [-0.2, -0.15) is 0 Å². The van der Waals surface area contributed by atoms with Crippen molar-refractivity contribution in [1.82, 2.24) is 9.97 Å². The summed E-state index contributed by atoms with van der Waals surface area (Å²) in [7, 11) is 0. The minimum absolute atomic E-state index is 0.102. The molecule has 86 valence electrons. The van der Waals surface area contributed by atoms with Gasteiger partial charge in [-0.15, -0.1) is 10.2 Å². The predicted molar refractivity (Wildman–Crippen MR) is 63.5 cm³/mol. The van der Waals surface area contributed by atoms with E-state index in [1.54, 1.807) is 36.7 Å². The van der Waals surface area contributed by atoms with Crippen molar-refractivity contribution in [2.24, 2.45) is 10.2 Å². The Hall–Kier alpha value is -2.50. The third-order valence-corrected chi connectivity index (χ3v) is 1.93. The maximum absolute atomic E-state index is 10.8. The topological polar surface area (TPSA) is 82.5 Å². The highest BCUT2D eigenvalue weighted by Gasteiger charge is 1.95. The molecular weight excluding hydrogens is 218 g/mol. The van der Waals surface area contributed by atoms with Crippen LogP contribution in [-0.2, 0) is 4.79 Å². The van der Waals surface area contributed by atoms with Gasteiger partial charge in [-0.25, -0.2) is 4.98 Å². The zero-order valence-electron chi connectivity index (χ0n) is 9.21. The molecule has 0 radical (unpaired) electrons. The van der Waals surface area contributed by atoms with E-state index >= 15 is 0 Å². The predicted octanol–water partition coefficient (Wildman–Crippen LogP) is 2.78. The molecule has 17 heavy (non-hydrogen) atoms. The summed E-state index contributed by atoms with van der Waals surface area (Å²) in [5.74, 6) is 0.353. The molecule has 0 aliphatic carbocycles. The van der Waals surface area contributed by atoms with Crippen LogP contribution in [0.3, 0.4) is 0 Å². The van der Waals surface area contributed by atoms with Gasteiger partial charge < -0.3 is 10.3 Å². The number of carbonyl (C=O) groups excluding carboxylic acids is 1. The van der Waals surface area contributed by atoms with Gasteiger partial charge in [0.2, 0.25) is 11.9 Å². The molecule has 0 saturated heterocycles. The van der Waals surface area contributed by atoms with E-state index in [1.165, 1.54) is 6.92 Å². The molecule has 2 N–H and O–H groups in total. The number of hydrogen-bond donors (Lipinski definition) is 2. The summed E-state index contributed by atoms with van der Waals surface area (Å²) in [6, 6.07) is 7.05. The smallest absolute Gasteiger partial charge is 0.246 e. The van der Waals surface area contributed by atoms with Crippen LogP contribution in [0.25, 0.3) is 0 Å². The molecule has 2 aromatic rings. The number of aromatic amines is 1. The molecule has 0 spiro atoms. The first kappa shape index (κ1) is 11.0. The molecule has 0 saturated carbocycles. The van der Waals surface area contributed by atoms with Crippen molar-refractivity contribution < 1.29 is 4.79 Å². The number of amides is 1. The molecule has 0 bridgehead atoms. The zero-order chi connectivity index (χ0) is 12.1. The third kappa shape index (κ3) is 3.23. The maximum atomic E-state index is 10.8. The van der Waals surface area contributed by atoms with Crippen LogP contribution < -0.4 is 5.32 Å². The lowest BCUT2D eigenvalue weighted by atomic mass is 10.3. The second-order valence-electron chi connectivity index (χ2n) is 3.34. The van der Waals surface area contributed by atoms with Crippen LogP contribution in [-0.4, -0.2) is 15.9 Å². The Kier molecular flexibility index (Phi) is 3.25. The van der Waals surface area contributed by atoms with Crippen LogP contribution in [0.1, 0.15) is 6.92 Å². The summed E-state index contributed by atoms with van der Waals surface area (Å²) >= 11 is 0. The highest BCUT2D eigenvalue weighted by Crippen LogP contribution is 2.18. The highest BCUT2D eigenvalue weighted by atomic mass is 16.1. The number of rotatable bonds is 3. The Labute approximate surface area is 97.8 Å². The van der Waals surface area contributed by atoms with Crippen molar-refractivity contribution in [3.8, 4) is 0 Å². The van der Waals surface area contributed by atoms with Crippen LogP contribution in [0.4, 0.5) is 17.3 Å². The number of carbonyl (C=O) groups is 1. The summed E-state index contributed by atoms with van der Waals surface area (Å²) < 4.78 is 0. The van der Waals surface area contributed by atoms with E-state index < -0.39 is 0 Å². The summed E-state index contributed by atoms with van der Waals surface area (Å²) in [6.45, 7) is 1.46. The van der Waals surface area contributed by atoms with E-state index in [2.05, 4.69) is 25.5 Å². The number of hydrogen-bond acceptors (Lipinski definition) is 4. The van der Waals surface area contributed by atoms with Gasteiger partial charge >= 0.3 is 0 Å². The van der Waals surface area contributed by atoms with Gasteiger partial charge in [0.1, 0.15) is 0 Å². The number of H-pyrrole nitrogens is 1. The first-order chi connectivity index (χ1) is 8.24. The first-order valence-electron chi connectivity index (χ1n) is 5.03. The van der Waals surface area contributed by atoms with E-state index in [-0.39, 0.29) is 5.91 Å². The number of nitrogens with zero attached hydrogens (tertiary/aromatic N) is 3. The Morgan fingerprint density at radius 1 is 1.29 bits per heavy atom. The normalized spacial score (nSPS) is 10.6. The molecule has 0 unspecified atom stereocenters. The number of nitrogens with one attached hydrogen (secondary N) is 2. The van der Waals surface area contributed by atoms with Gasteiger partial charge in [0.25, 0.3) is 0 Å². The van der Waals surface area contributed by atoms with Gasteiger partial charge in [0.15, 0.2) is 0 Å². The standard InChI is InChI=1S/C11H11N5O/c1-8(17)14-9-2-4-10(5-3-9)15-16-11-12-6-7-13-11/h2-7H,1H3,(H,12,13)(H,14,17). The fourth-order valence-electron chi connectivity index (χ4n) is 1.23. The number of aromatic nitrogens is 2. The molecular formula is C11H11N5O. The third-order valence-electron chi connectivity index (χ3n) is 1.93. The van der Waals surface area contributed by atoms with E-state index in [0.29, 0.717) is 11.6 Å². The Morgan fingerprint density at radius 2 is 2.06 bits per heavy atom. The van der Waals surface area contributed by atoms with Crippen LogP contribution in [0.5, 0.6) is 0 Å². The molecule has 1 aromatic heterocycles. The van der Waals surface area contributed by atoms with Crippen molar-refractivity contribution >= 4 is 23.2 Å². The van der Waals surface area contributed by atoms with Crippen LogP contribution in [0, 0.1) is 0 Å². The fraction of sp³-hybridized carbons (Fsp3) is 0.0909. The Balaban J connectivity index is 2.05. The summed E-state index contributed by atoms with van der Waals surface area (Å²) in [4.78, 5) is 17.5.